The Kier molecular flexibility index (Phi) is 4.25. The first-order chi connectivity index (χ1) is 6.56. The molecule has 0 fully saturated rings. The third-order valence-electron chi connectivity index (χ3n) is 1.60. The van der Waals surface area contributed by atoms with Crippen LogP contribution in [0.2, 0.25) is 5.02 Å². The fourth-order valence-electron chi connectivity index (χ4n) is 1.07. The van der Waals surface area contributed by atoms with Gasteiger partial charge in [-0.2, -0.15) is 0 Å². The molecule has 14 heavy (non-hydrogen) atoms. The predicted molar refractivity (Wildman–Crippen MR) is 60.1 cm³/mol. The second kappa shape index (κ2) is 5.02. The van der Waals surface area contributed by atoms with Gasteiger partial charge in [0.25, 0.3) is 0 Å². The first-order valence-electron chi connectivity index (χ1n) is 4.04. The second-order valence-electron chi connectivity index (χ2n) is 2.61. The second-order valence-corrected chi connectivity index (χ2v) is 3.90. The van der Waals surface area contributed by atoms with Gasteiger partial charge >= 0.3 is 7.12 Å². The Hall–Kier alpha value is -0.225. The van der Waals surface area contributed by atoms with Gasteiger partial charge in [-0.05, 0) is 35.0 Å². The van der Waals surface area contributed by atoms with E-state index in [1.165, 1.54) is 6.07 Å². The Bertz CT molecular complexity index is 333. The molecule has 2 N–H and O–H groups in total. The summed E-state index contributed by atoms with van der Waals surface area (Å²) in [6.45, 7) is 2.26. The Morgan fingerprint density at radius 3 is 2.64 bits per heavy atom. The third kappa shape index (κ3) is 2.64. The zero-order chi connectivity index (χ0) is 10.7. The monoisotopic (exact) mass is 278 g/mol. The van der Waals surface area contributed by atoms with E-state index in [1.54, 1.807) is 6.07 Å². The summed E-state index contributed by atoms with van der Waals surface area (Å²) < 4.78 is 5.86. The largest absolute Gasteiger partial charge is 0.493 e. The summed E-state index contributed by atoms with van der Waals surface area (Å²) in [5.74, 6) is 0.409. The van der Waals surface area contributed by atoms with E-state index < -0.39 is 7.12 Å². The summed E-state index contributed by atoms with van der Waals surface area (Å²) >= 11 is 8.99. The Labute approximate surface area is 95.9 Å². The highest BCUT2D eigenvalue weighted by Gasteiger charge is 2.20. The van der Waals surface area contributed by atoms with Crippen molar-refractivity contribution < 1.29 is 14.8 Å². The van der Waals surface area contributed by atoms with Gasteiger partial charge in [0, 0.05) is 10.5 Å². The fraction of sp³-hybridized carbons (Fsp3) is 0.250. The van der Waals surface area contributed by atoms with E-state index in [1.807, 2.05) is 6.92 Å². The molecular formula is C8H9BBrClO3. The van der Waals surface area contributed by atoms with Gasteiger partial charge in [0.2, 0.25) is 0 Å². The lowest BCUT2D eigenvalue weighted by Crippen LogP contribution is -2.31. The van der Waals surface area contributed by atoms with E-state index >= 15 is 0 Å². The molecule has 0 unspecified atom stereocenters. The number of halogens is 2. The van der Waals surface area contributed by atoms with Crippen molar-refractivity contribution in [2.75, 3.05) is 6.61 Å². The molecule has 0 radical (unpaired) electrons. The van der Waals surface area contributed by atoms with E-state index in [2.05, 4.69) is 15.9 Å². The van der Waals surface area contributed by atoms with Crippen molar-refractivity contribution in [2.45, 2.75) is 6.92 Å². The highest BCUT2D eigenvalue weighted by atomic mass is 79.9. The van der Waals surface area contributed by atoms with E-state index in [-0.39, 0.29) is 5.46 Å². The van der Waals surface area contributed by atoms with Crippen molar-refractivity contribution in [2.24, 2.45) is 0 Å². The van der Waals surface area contributed by atoms with Crippen molar-refractivity contribution in [3.8, 4) is 5.75 Å². The number of rotatable bonds is 3. The molecule has 3 nitrogen and oxygen atoms in total. The van der Waals surface area contributed by atoms with Gasteiger partial charge in [0.15, 0.2) is 0 Å². The summed E-state index contributed by atoms with van der Waals surface area (Å²) in [6, 6.07) is 3.10. The van der Waals surface area contributed by atoms with Crippen LogP contribution >= 0.6 is 27.5 Å². The van der Waals surface area contributed by atoms with Crippen LogP contribution in [-0.4, -0.2) is 23.8 Å². The fourth-order valence-corrected chi connectivity index (χ4v) is 2.02. The minimum atomic E-state index is -1.59. The van der Waals surface area contributed by atoms with Crippen LogP contribution in [0.4, 0.5) is 0 Å². The summed E-state index contributed by atoms with van der Waals surface area (Å²) in [4.78, 5) is 0. The van der Waals surface area contributed by atoms with Gasteiger partial charge in [-0.25, -0.2) is 0 Å². The summed E-state index contributed by atoms with van der Waals surface area (Å²) in [7, 11) is -1.59. The zero-order valence-corrected chi connectivity index (χ0v) is 9.84. The maximum absolute atomic E-state index is 9.08. The van der Waals surface area contributed by atoms with E-state index in [0.717, 1.165) is 0 Å². The van der Waals surface area contributed by atoms with Gasteiger partial charge in [-0.15, -0.1) is 0 Å². The van der Waals surface area contributed by atoms with Crippen LogP contribution < -0.4 is 10.2 Å². The molecule has 0 aliphatic heterocycles. The summed E-state index contributed by atoms with van der Waals surface area (Å²) in [5.41, 5.74) is 0.256. The van der Waals surface area contributed by atoms with Crippen molar-refractivity contribution >= 4 is 40.1 Å². The van der Waals surface area contributed by atoms with Crippen LogP contribution in [0, 0.1) is 0 Å². The minimum absolute atomic E-state index is 0.256. The molecule has 0 saturated heterocycles. The molecule has 0 saturated carbocycles. The smallest absolute Gasteiger partial charge is 0.492 e. The first-order valence-corrected chi connectivity index (χ1v) is 5.21. The molecule has 0 bridgehead atoms. The van der Waals surface area contributed by atoms with Crippen LogP contribution in [-0.2, 0) is 0 Å². The summed E-state index contributed by atoms with van der Waals surface area (Å²) in [6.07, 6.45) is 0. The third-order valence-corrected chi connectivity index (χ3v) is 2.41. The van der Waals surface area contributed by atoms with Crippen LogP contribution in [0.15, 0.2) is 16.6 Å². The lowest BCUT2D eigenvalue weighted by atomic mass is 9.79. The molecule has 0 aromatic heterocycles. The molecule has 0 heterocycles. The van der Waals surface area contributed by atoms with Gasteiger partial charge in [-0.3, -0.25) is 0 Å². The molecule has 0 aliphatic carbocycles. The predicted octanol–water partition coefficient (Wildman–Crippen LogP) is 1.18. The average Bonchev–Trinajstić information content (AvgIpc) is 2.09. The van der Waals surface area contributed by atoms with Gasteiger partial charge in [-0.1, -0.05) is 11.6 Å². The van der Waals surface area contributed by atoms with Crippen LogP contribution in [0.5, 0.6) is 5.75 Å². The minimum Gasteiger partial charge on any atom is -0.493 e. The molecule has 0 amide bonds. The number of benzene rings is 1. The SMILES string of the molecule is CCOc1c(Br)cc(Cl)cc1B(O)O. The van der Waals surface area contributed by atoms with E-state index in [0.29, 0.717) is 21.9 Å². The Morgan fingerprint density at radius 2 is 2.14 bits per heavy atom. The molecule has 1 rings (SSSR count). The molecule has 0 aliphatic rings. The van der Waals surface area contributed by atoms with Crippen molar-refractivity contribution in [3.05, 3.63) is 21.6 Å². The molecule has 76 valence electrons. The maximum atomic E-state index is 9.08. The number of ether oxygens (including phenoxy) is 1. The zero-order valence-electron chi connectivity index (χ0n) is 7.50. The lowest BCUT2D eigenvalue weighted by Gasteiger charge is -2.11. The molecule has 1 aromatic carbocycles. The van der Waals surface area contributed by atoms with E-state index in [9.17, 15) is 0 Å². The topological polar surface area (TPSA) is 49.7 Å². The molecule has 6 heteroatoms. The summed E-state index contributed by atoms with van der Waals surface area (Å²) in [5, 5.41) is 18.6. The number of hydrogen-bond donors (Lipinski definition) is 2. The van der Waals surface area contributed by atoms with Gasteiger partial charge in [0.05, 0.1) is 11.1 Å². The van der Waals surface area contributed by atoms with Crippen LogP contribution in [0.25, 0.3) is 0 Å². The highest BCUT2D eigenvalue weighted by molar-refractivity contribution is 9.10. The van der Waals surface area contributed by atoms with Gasteiger partial charge < -0.3 is 14.8 Å². The van der Waals surface area contributed by atoms with Crippen molar-refractivity contribution in [3.63, 3.8) is 0 Å². The normalized spacial score (nSPS) is 10.1. The molecule has 0 atom stereocenters. The number of hydrogen-bond acceptors (Lipinski definition) is 3. The van der Waals surface area contributed by atoms with Crippen LogP contribution in [0.3, 0.4) is 0 Å². The molecule has 1 aromatic rings. The standard InChI is InChI=1S/C8H9BBrClO3/c1-2-14-8-6(9(12)13)3-5(11)4-7(8)10/h3-4,12-13H,2H2,1H3. The van der Waals surface area contributed by atoms with Crippen molar-refractivity contribution in [1.82, 2.24) is 0 Å². The Balaban J connectivity index is 3.21. The van der Waals surface area contributed by atoms with Gasteiger partial charge in [0.1, 0.15) is 5.75 Å². The molecular weight excluding hydrogens is 270 g/mol. The Morgan fingerprint density at radius 1 is 1.50 bits per heavy atom. The van der Waals surface area contributed by atoms with Crippen molar-refractivity contribution in [1.29, 1.82) is 0 Å². The van der Waals surface area contributed by atoms with E-state index in [4.69, 9.17) is 26.4 Å². The van der Waals surface area contributed by atoms with Crippen LogP contribution in [0.1, 0.15) is 6.92 Å². The average molecular weight is 279 g/mol. The molecule has 0 spiro atoms. The quantitative estimate of drug-likeness (QED) is 0.817. The lowest BCUT2D eigenvalue weighted by molar-refractivity contribution is 0.338. The highest BCUT2D eigenvalue weighted by Crippen LogP contribution is 2.26. The maximum Gasteiger partial charge on any atom is 0.492 e. The first kappa shape index (κ1) is 11.8.